The molecule has 32 heavy (non-hydrogen) atoms. The van der Waals surface area contributed by atoms with Crippen LogP contribution < -0.4 is 32.1 Å². The Hall–Kier alpha value is -0.470. The van der Waals surface area contributed by atoms with Gasteiger partial charge in [0.05, 0.1) is 11.8 Å². The lowest BCUT2D eigenvalue weighted by atomic mass is 9.65. The van der Waals surface area contributed by atoms with Crippen LogP contribution in [0.2, 0.25) is 0 Å². The minimum atomic E-state index is -3.69. The Morgan fingerprint density at radius 2 is 1.94 bits per heavy atom. The summed E-state index contributed by atoms with van der Waals surface area (Å²) in [7, 11) is -1.87. The Kier molecular flexibility index (Phi) is 8.52. The highest BCUT2D eigenvalue weighted by atomic mass is 32.2. The maximum atomic E-state index is 13.3. The number of sulfonamides is 1. The van der Waals surface area contributed by atoms with E-state index in [4.69, 9.17) is 11.5 Å². The molecule has 0 amide bonds. The van der Waals surface area contributed by atoms with E-state index >= 15 is 0 Å². The van der Waals surface area contributed by atoms with Gasteiger partial charge in [-0.05, 0) is 57.7 Å². The van der Waals surface area contributed by atoms with Crippen molar-refractivity contribution in [2.75, 3.05) is 33.2 Å². The molecule has 188 valence electrons. The molecule has 0 radical (unpaired) electrons. The van der Waals surface area contributed by atoms with Gasteiger partial charge in [0.25, 0.3) is 5.92 Å². The van der Waals surface area contributed by atoms with Gasteiger partial charge in [-0.25, -0.2) is 21.9 Å². The number of halogens is 2. The van der Waals surface area contributed by atoms with Crippen molar-refractivity contribution in [2.45, 2.75) is 80.0 Å². The first kappa shape index (κ1) is 26.1. The number of hydrogen-bond donors (Lipinski definition) is 7. The third-order valence-electron chi connectivity index (χ3n) is 7.57. The zero-order chi connectivity index (χ0) is 23.6. The number of nitrogens with two attached hydrogens (primary N) is 2. The van der Waals surface area contributed by atoms with E-state index in [1.54, 1.807) is 0 Å². The van der Waals surface area contributed by atoms with Crippen molar-refractivity contribution < 1.29 is 22.3 Å². The number of alkyl halides is 2. The van der Waals surface area contributed by atoms with Crippen LogP contribution in [0, 0.1) is 11.8 Å². The van der Waals surface area contributed by atoms with E-state index in [1.165, 1.54) is 0 Å². The van der Waals surface area contributed by atoms with Gasteiger partial charge in [-0.2, -0.15) is 0 Å². The van der Waals surface area contributed by atoms with Crippen LogP contribution in [-0.2, 0) is 10.0 Å². The second-order valence-electron chi connectivity index (χ2n) is 9.82. The lowest BCUT2D eigenvalue weighted by Crippen LogP contribution is -2.62. The summed E-state index contributed by atoms with van der Waals surface area (Å²) in [5, 5.41) is 19.3. The summed E-state index contributed by atoms with van der Waals surface area (Å²) in [5.41, 5.74) is 10.3. The Morgan fingerprint density at radius 1 is 1.22 bits per heavy atom. The predicted octanol–water partition coefficient (Wildman–Crippen LogP) is -0.976. The lowest BCUT2D eigenvalue weighted by Gasteiger charge is -2.50. The first-order chi connectivity index (χ1) is 15.0. The second-order valence-corrected chi connectivity index (χ2v) is 11.8. The van der Waals surface area contributed by atoms with Gasteiger partial charge in [-0.3, -0.25) is 0 Å². The molecule has 6 unspecified atom stereocenters. The molecular weight excluding hydrogens is 442 g/mol. The van der Waals surface area contributed by atoms with Crippen LogP contribution in [0.4, 0.5) is 8.78 Å². The maximum absolute atomic E-state index is 13.3. The van der Waals surface area contributed by atoms with Crippen molar-refractivity contribution >= 4 is 10.0 Å². The lowest BCUT2D eigenvalue weighted by molar-refractivity contribution is -0.232. The molecule has 9 N–H and O–H groups in total. The van der Waals surface area contributed by atoms with Crippen molar-refractivity contribution in [1.29, 1.82) is 0 Å². The van der Waals surface area contributed by atoms with Crippen molar-refractivity contribution in [2.24, 2.45) is 23.3 Å². The quantitative estimate of drug-likeness (QED) is 0.210. The Labute approximate surface area is 189 Å². The highest BCUT2D eigenvalue weighted by molar-refractivity contribution is 7.90. The molecule has 3 rings (SSSR count). The van der Waals surface area contributed by atoms with Crippen LogP contribution in [0.5, 0.6) is 0 Å². The second kappa shape index (κ2) is 10.4. The smallest absolute Gasteiger partial charge is 0.253 e. The molecule has 0 aromatic rings. The monoisotopic (exact) mass is 482 g/mol. The topological polar surface area (TPSA) is 155 Å². The molecule has 1 heterocycles. The highest BCUT2D eigenvalue weighted by Gasteiger charge is 2.59. The zero-order valence-corrected chi connectivity index (χ0v) is 19.6. The summed E-state index contributed by atoms with van der Waals surface area (Å²) in [4.78, 5) is 0. The molecule has 3 fully saturated rings. The molecule has 0 aromatic heterocycles. The summed E-state index contributed by atoms with van der Waals surface area (Å²) >= 11 is 0. The molecule has 2 saturated carbocycles. The first-order valence-electron chi connectivity index (χ1n) is 11.7. The van der Waals surface area contributed by atoms with Gasteiger partial charge in [-0.1, -0.05) is 6.42 Å². The van der Waals surface area contributed by atoms with E-state index in [0.717, 1.165) is 19.3 Å². The largest absolute Gasteiger partial charge is 0.389 e. The van der Waals surface area contributed by atoms with Crippen molar-refractivity contribution in [3.63, 3.8) is 0 Å². The van der Waals surface area contributed by atoms with Gasteiger partial charge < -0.3 is 32.5 Å². The number of nitrogens with one attached hydrogen (secondary N) is 4. The van der Waals surface area contributed by atoms with Gasteiger partial charge in [0, 0.05) is 38.0 Å². The fraction of sp³-hybridized carbons (Fsp3) is 1.00. The molecule has 3 aliphatic rings. The van der Waals surface area contributed by atoms with Crippen molar-refractivity contribution in [3.05, 3.63) is 0 Å². The SMILES string of the molecule is CNC1C(CN)CCCC1NS(=O)(=O)C(CN)CNC1CC(C2(O)CC(F)(F)C2)CCN1. The third kappa shape index (κ3) is 5.96. The fourth-order valence-electron chi connectivity index (χ4n) is 5.72. The number of likely N-dealkylation sites (N-methyl/N-ethyl adjacent to an activating group) is 1. The number of hydrogen-bond acceptors (Lipinski definition) is 8. The molecule has 0 bridgehead atoms. The molecule has 12 heteroatoms. The zero-order valence-electron chi connectivity index (χ0n) is 18.8. The van der Waals surface area contributed by atoms with Gasteiger partial charge in [0.1, 0.15) is 5.25 Å². The van der Waals surface area contributed by atoms with E-state index in [9.17, 15) is 22.3 Å². The highest BCUT2D eigenvalue weighted by Crippen LogP contribution is 2.51. The Bertz CT molecular complexity index is 720. The Morgan fingerprint density at radius 3 is 2.53 bits per heavy atom. The average Bonchev–Trinajstić information content (AvgIpc) is 2.72. The van der Waals surface area contributed by atoms with Crippen LogP contribution >= 0.6 is 0 Å². The van der Waals surface area contributed by atoms with Crippen LogP contribution in [0.3, 0.4) is 0 Å². The van der Waals surface area contributed by atoms with E-state index in [2.05, 4.69) is 20.7 Å². The van der Waals surface area contributed by atoms with Crippen LogP contribution in [0.15, 0.2) is 0 Å². The summed E-state index contributed by atoms with van der Waals surface area (Å²) in [5.74, 6) is -2.83. The van der Waals surface area contributed by atoms with Crippen molar-refractivity contribution in [1.82, 2.24) is 20.7 Å². The summed E-state index contributed by atoms with van der Waals surface area (Å²) in [6, 6.07) is -0.273. The minimum absolute atomic E-state index is 0.0305. The van der Waals surface area contributed by atoms with Gasteiger partial charge >= 0.3 is 0 Å². The predicted molar refractivity (Wildman–Crippen MR) is 120 cm³/mol. The van der Waals surface area contributed by atoms with Crippen LogP contribution in [0.1, 0.15) is 44.9 Å². The molecule has 2 aliphatic carbocycles. The van der Waals surface area contributed by atoms with Gasteiger partial charge in [0.15, 0.2) is 0 Å². The van der Waals surface area contributed by atoms with E-state index in [1.807, 2.05) is 7.05 Å². The molecule has 0 aromatic carbocycles. The molecule has 0 spiro atoms. The summed E-state index contributed by atoms with van der Waals surface area (Å²) in [6.45, 7) is 1.15. The molecular formula is C20H40F2N6O3S. The average molecular weight is 483 g/mol. The minimum Gasteiger partial charge on any atom is -0.389 e. The number of aliphatic hydroxyl groups is 1. The van der Waals surface area contributed by atoms with Crippen molar-refractivity contribution in [3.8, 4) is 0 Å². The first-order valence-corrected chi connectivity index (χ1v) is 13.2. The maximum Gasteiger partial charge on any atom is 0.253 e. The van der Waals surface area contributed by atoms with Crippen LogP contribution in [-0.4, -0.2) is 81.8 Å². The third-order valence-corrected chi connectivity index (χ3v) is 9.44. The fourth-order valence-corrected chi connectivity index (χ4v) is 7.16. The molecule has 1 saturated heterocycles. The summed E-state index contributed by atoms with van der Waals surface area (Å²) < 4.78 is 55.6. The van der Waals surface area contributed by atoms with E-state index in [-0.39, 0.29) is 43.2 Å². The number of rotatable bonds is 10. The number of piperidine rings is 1. The van der Waals surface area contributed by atoms with Gasteiger partial charge in [-0.15, -0.1) is 0 Å². The standard InChI is InChI=1S/C20H40F2N6O3S/c1-25-18-13(8-23)3-2-4-16(18)28-32(30,31)15(9-24)10-27-17-7-14(5-6-26-17)19(29)11-20(21,22)12-19/h13-18,25-29H,2-12,23-24H2,1H3. The van der Waals surface area contributed by atoms with Gasteiger partial charge in [0.2, 0.25) is 10.0 Å². The molecule has 6 atom stereocenters. The van der Waals surface area contributed by atoms with Crippen LogP contribution in [0.25, 0.3) is 0 Å². The summed E-state index contributed by atoms with van der Waals surface area (Å²) in [6.07, 6.45) is 2.42. The van der Waals surface area contributed by atoms with E-state index in [0.29, 0.717) is 25.9 Å². The Balaban J connectivity index is 1.55. The molecule has 9 nitrogen and oxygen atoms in total. The normalized spacial score (nSPS) is 35.8. The molecule has 1 aliphatic heterocycles. The van der Waals surface area contributed by atoms with E-state index < -0.39 is 39.6 Å².